The van der Waals surface area contributed by atoms with Gasteiger partial charge in [-0.3, -0.25) is 0 Å². The molecule has 0 aliphatic rings. The van der Waals surface area contributed by atoms with Gasteiger partial charge in [0.05, 0.1) is 6.54 Å². The van der Waals surface area contributed by atoms with Crippen LogP contribution in [0.5, 0.6) is 0 Å². The molecule has 8 heteroatoms. The molecule has 0 amide bonds. The summed E-state index contributed by atoms with van der Waals surface area (Å²) in [4.78, 5) is 22.9. The van der Waals surface area contributed by atoms with Crippen molar-refractivity contribution < 1.29 is 9.53 Å². The van der Waals surface area contributed by atoms with E-state index in [0.717, 1.165) is 25.5 Å². The van der Waals surface area contributed by atoms with Crippen molar-refractivity contribution in [3.8, 4) is 0 Å². The zero-order valence-corrected chi connectivity index (χ0v) is 11.6. The second-order valence-corrected chi connectivity index (χ2v) is 3.92. The van der Waals surface area contributed by atoms with Gasteiger partial charge in [-0.15, -0.1) is 0 Å². The highest BCUT2D eigenvalue weighted by molar-refractivity contribution is 5.81. The number of carbonyl (C=O) groups is 1. The van der Waals surface area contributed by atoms with E-state index in [4.69, 9.17) is 10.5 Å². The fourth-order valence-electron chi connectivity index (χ4n) is 1.30. The highest BCUT2D eigenvalue weighted by Crippen LogP contribution is 2.06. The first-order valence-corrected chi connectivity index (χ1v) is 6.44. The molecule has 0 aliphatic heterocycles. The number of hydrogen-bond acceptors (Lipinski definition) is 8. The monoisotopic (exact) mass is 280 g/mol. The lowest BCUT2D eigenvalue weighted by Gasteiger charge is -2.08. The molecule has 1 rings (SSSR count). The summed E-state index contributed by atoms with van der Waals surface area (Å²) in [5.74, 6) is 0.427. The minimum Gasteiger partial charge on any atom is -0.461 e. The Morgan fingerprint density at radius 2 is 1.95 bits per heavy atom. The maximum absolute atomic E-state index is 10.8. The van der Waals surface area contributed by atoms with Crippen LogP contribution in [0, 0.1) is 0 Å². The lowest BCUT2D eigenvalue weighted by Crippen LogP contribution is -2.16. The zero-order chi connectivity index (χ0) is 14.8. The summed E-state index contributed by atoms with van der Waals surface area (Å²) >= 11 is 0. The largest absolute Gasteiger partial charge is 0.461 e. The van der Waals surface area contributed by atoms with E-state index in [0.29, 0.717) is 18.4 Å². The van der Waals surface area contributed by atoms with Gasteiger partial charge in [-0.25, -0.2) is 4.79 Å². The third-order valence-electron chi connectivity index (χ3n) is 2.26. The van der Waals surface area contributed by atoms with Crippen molar-refractivity contribution in [2.75, 3.05) is 36.1 Å². The molecule has 4 N–H and O–H groups in total. The van der Waals surface area contributed by atoms with Gasteiger partial charge in [0.1, 0.15) is 6.61 Å². The maximum Gasteiger partial charge on any atom is 0.330 e. The Balaban J connectivity index is 2.44. The van der Waals surface area contributed by atoms with Crippen molar-refractivity contribution in [1.29, 1.82) is 0 Å². The van der Waals surface area contributed by atoms with Crippen molar-refractivity contribution in [3.05, 3.63) is 12.7 Å². The fourth-order valence-corrected chi connectivity index (χ4v) is 1.30. The second-order valence-electron chi connectivity index (χ2n) is 3.92. The zero-order valence-electron chi connectivity index (χ0n) is 11.6. The number of unbranched alkanes of at least 4 members (excludes halogenated alkanes) is 1. The van der Waals surface area contributed by atoms with Crippen molar-refractivity contribution in [2.45, 2.75) is 19.8 Å². The topological polar surface area (TPSA) is 115 Å². The summed E-state index contributed by atoms with van der Waals surface area (Å²) in [6.07, 6.45) is 3.20. The Morgan fingerprint density at radius 3 is 2.55 bits per heavy atom. The number of esters is 1. The van der Waals surface area contributed by atoms with Crippen LogP contribution in [0.1, 0.15) is 19.8 Å². The summed E-state index contributed by atoms with van der Waals surface area (Å²) in [7, 11) is 0. The Bertz CT molecular complexity index is 452. The first-order chi connectivity index (χ1) is 9.65. The highest BCUT2D eigenvalue weighted by atomic mass is 16.5. The van der Waals surface area contributed by atoms with E-state index in [1.165, 1.54) is 0 Å². The average molecular weight is 280 g/mol. The van der Waals surface area contributed by atoms with Crippen LogP contribution in [0.15, 0.2) is 12.7 Å². The van der Waals surface area contributed by atoms with Gasteiger partial charge in [0.2, 0.25) is 17.8 Å². The molecule has 0 unspecified atom stereocenters. The van der Waals surface area contributed by atoms with Crippen LogP contribution in [0.2, 0.25) is 0 Å². The first-order valence-electron chi connectivity index (χ1n) is 6.44. The predicted octanol–water partition coefficient (Wildman–Crippen LogP) is 0.807. The van der Waals surface area contributed by atoms with Crippen molar-refractivity contribution >= 4 is 23.8 Å². The standard InChI is InChI=1S/C12H20N6O2/c1-3-5-6-14-11-16-10(13)17-12(18-11)15-7-8-20-9(19)4-2/h4H,2-3,5-8H2,1H3,(H4,13,14,15,16,17,18). The first kappa shape index (κ1) is 15.7. The summed E-state index contributed by atoms with van der Waals surface area (Å²) in [5, 5.41) is 5.97. The summed E-state index contributed by atoms with van der Waals surface area (Å²) in [6, 6.07) is 0. The molecule has 0 aromatic carbocycles. The van der Waals surface area contributed by atoms with Crippen LogP contribution in [-0.2, 0) is 9.53 Å². The summed E-state index contributed by atoms with van der Waals surface area (Å²) < 4.78 is 4.82. The fraction of sp³-hybridized carbons (Fsp3) is 0.500. The third kappa shape index (κ3) is 5.98. The molecule has 110 valence electrons. The molecule has 20 heavy (non-hydrogen) atoms. The number of nitrogens with one attached hydrogen (secondary N) is 2. The molecule has 0 aliphatic carbocycles. The van der Waals surface area contributed by atoms with E-state index in [1.54, 1.807) is 0 Å². The summed E-state index contributed by atoms with van der Waals surface area (Å²) in [5.41, 5.74) is 5.60. The van der Waals surface area contributed by atoms with Crippen LogP contribution in [0.3, 0.4) is 0 Å². The molecular weight excluding hydrogens is 260 g/mol. The van der Waals surface area contributed by atoms with E-state index < -0.39 is 5.97 Å². The van der Waals surface area contributed by atoms with E-state index in [1.807, 2.05) is 0 Å². The van der Waals surface area contributed by atoms with E-state index >= 15 is 0 Å². The van der Waals surface area contributed by atoms with Crippen molar-refractivity contribution in [2.24, 2.45) is 0 Å². The smallest absolute Gasteiger partial charge is 0.330 e. The number of aromatic nitrogens is 3. The molecule has 0 saturated heterocycles. The molecule has 0 fully saturated rings. The quantitative estimate of drug-likeness (QED) is 0.346. The van der Waals surface area contributed by atoms with Gasteiger partial charge in [-0.05, 0) is 6.42 Å². The van der Waals surface area contributed by atoms with E-state index in [-0.39, 0.29) is 12.6 Å². The van der Waals surface area contributed by atoms with Gasteiger partial charge < -0.3 is 21.1 Å². The third-order valence-corrected chi connectivity index (χ3v) is 2.26. The number of nitrogen functional groups attached to an aromatic ring is 1. The lowest BCUT2D eigenvalue weighted by atomic mass is 10.3. The highest BCUT2D eigenvalue weighted by Gasteiger charge is 2.04. The molecule has 0 saturated carbocycles. The van der Waals surface area contributed by atoms with E-state index in [9.17, 15) is 4.79 Å². The normalized spacial score (nSPS) is 9.85. The van der Waals surface area contributed by atoms with Gasteiger partial charge >= 0.3 is 5.97 Å². The molecule has 8 nitrogen and oxygen atoms in total. The number of rotatable bonds is 9. The molecular formula is C12H20N6O2. The van der Waals surface area contributed by atoms with Crippen LogP contribution in [0.25, 0.3) is 0 Å². The minimum atomic E-state index is -0.469. The molecule has 0 bridgehead atoms. The second kappa shape index (κ2) is 8.68. The number of anilines is 3. The van der Waals surface area contributed by atoms with Gasteiger partial charge in [0, 0.05) is 12.6 Å². The predicted molar refractivity (Wildman–Crippen MR) is 77.3 cm³/mol. The molecule has 0 atom stereocenters. The van der Waals surface area contributed by atoms with Crippen molar-refractivity contribution in [1.82, 2.24) is 15.0 Å². The van der Waals surface area contributed by atoms with Crippen LogP contribution < -0.4 is 16.4 Å². The molecule has 1 heterocycles. The number of hydrogen-bond donors (Lipinski definition) is 3. The lowest BCUT2D eigenvalue weighted by molar-refractivity contribution is -0.137. The van der Waals surface area contributed by atoms with Gasteiger partial charge in [-0.2, -0.15) is 15.0 Å². The average Bonchev–Trinajstić information content (AvgIpc) is 2.43. The number of nitrogens with zero attached hydrogens (tertiary/aromatic N) is 3. The van der Waals surface area contributed by atoms with Crippen LogP contribution in [-0.4, -0.2) is 40.6 Å². The Kier molecular flexibility index (Phi) is 6.80. The Hall–Kier alpha value is -2.38. The maximum atomic E-state index is 10.8. The van der Waals surface area contributed by atoms with Gasteiger partial charge in [-0.1, -0.05) is 19.9 Å². The molecule has 0 spiro atoms. The van der Waals surface area contributed by atoms with Crippen LogP contribution >= 0.6 is 0 Å². The Morgan fingerprint density at radius 1 is 1.30 bits per heavy atom. The van der Waals surface area contributed by atoms with E-state index in [2.05, 4.69) is 39.1 Å². The van der Waals surface area contributed by atoms with Gasteiger partial charge in [0.15, 0.2) is 0 Å². The molecule has 0 radical (unpaired) electrons. The number of carbonyl (C=O) groups excluding carboxylic acids is 1. The molecule has 1 aromatic heterocycles. The SMILES string of the molecule is C=CC(=O)OCCNc1nc(N)nc(NCCCC)n1. The summed E-state index contributed by atoms with van der Waals surface area (Å²) in [6.45, 7) is 6.74. The van der Waals surface area contributed by atoms with Gasteiger partial charge in [0.25, 0.3) is 0 Å². The van der Waals surface area contributed by atoms with Crippen LogP contribution in [0.4, 0.5) is 17.8 Å². The number of nitrogens with two attached hydrogens (primary N) is 1. The van der Waals surface area contributed by atoms with Crippen molar-refractivity contribution in [3.63, 3.8) is 0 Å². The Labute approximate surface area is 117 Å². The molecule has 1 aromatic rings. The minimum absolute atomic E-state index is 0.129. The number of ether oxygens (including phenoxy) is 1.